The molecule has 1 saturated carbocycles. The molecule has 3 N–H and O–H groups in total. The van der Waals surface area contributed by atoms with Crippen molar-refractivity contribution in [3.8, 4) is 11.8 Å². The van der Waals surface area contributed by atoms with Crippen LogP contribution in [-0.2, 0) is 21.4 Å². The molecule has 1 aliphatic rings. The topological polar surface area (TPSA) is 108 Å². The van der Waals surface area contributed by atoms with Crippen LogP contribution >= 0.6 is 8.03 Å². The number of carbonyl (C=O) groups is 1. The minimum absolute atomic E-state index is 0.0564. The van der Waals surface area contributed by atoms with Gasteiger partial charge in [0.15, 0.2) is 5.60 Å². The molecule has 0 saturated heterocycles. The van der Waals surface area contributed by atoms with Gasteiger partial charge in [-0.3, -0.25) is 4.98 Å². The van der Waals surface area contributed by atoms with Gasteiger partial charge in [0.1, 0.15) is 5.82 Å². The highest BCUT2D eigenvalue weighted by Crippen LogP contribution is 2.51. The Labute approximate surface area is 181 Å². The van der Waals surface area contributed by atoms with E-state index in [1.165, 1.54) is 30.3 Å². The first-order chi connectivity index (χ1) is 14.6. The van der Waals surface area contributed by atoms with Crippen LogP contribution in [0.15, 0.2) is 42.5 Å². The van der Waals surface area contributed by atoms with E-state index in [2.05, 4.69) is 16.8 Å². The first-order valence-electron chi connectivity index (χ1n) is 9.96. The smallest absolute Gasteiger partial charge is 0.477 e. The number of carboxylic acid groups (broad SMARTS) is 1. The summed E-state index contributed by atoms with van der Waals surface area (Å²) in [6, 6.07) is 9.97. The van der Waals surface area contributed by atoms with Crippen LogP contribution in [0.25, 0.3) is 0 Å². The fourth-order valence-electron chi connectivity index (χ4n) is 3.46. The average Bonchev–Trinajstić information content (AvgIpc) is 3.55. The number of aliphatic hydroxyl groups is 1. The standard InChI is InChI=1S/C23H23FNO5P/c1-15(2)12-13-23(21(26)27,31(29)30)22(28,14-16-6-10-18(24)11-7-16)20-5-3-4-19(25-20)17-8-9-17/h3-7,10-11,15,17,28H,8-9,14H2,1-2H3,(H-,26,27,29,30)/p+1. The molecule has 8 heteroatoms. The van der Waals surface area contributed by atoms with Crippen molar-refractivity contribution < 1.29 is 28.9 Å². The van der Waals surface area contributed by atoms with Gasteiger partial charge < -0.3 is 10.2 Å². The van der Waals surface area contributed by atoms with Crippen LogP contribution < -0.4 is 0 Å². The molecule has 0 aliphatic heterocycles. The molecule has 162 valence electrons. The van der Waals surface area contributed by atoms with Crippen LogP contribution in [0.2, 0.25) is 0 Å². The average molecular weight is 444 g/mol. The lowest BCUT2D eigenvalue weighted by Crippen LogP contribution is -2.56. The number of benzene rings is 1. The summed E-state index contributed by atoms with van der Waals surface area (Å²) >= 11 is 0. The van der Waals surface area contributed by atoms with E-state index in [4.69, 9.17) is 0 Å². The molecule has 0 spiro atoms. The van der Waals surface area contributed by atoms with Crippen molar-refractivity contribution in [1.82, 2.24) is 4.98 Å². The Hall–Kier alpha value is -2.65. The maximum Gasteiger partial charge on any atom is 0.541 e. The van der Waals surface area contributed by atoms with Crippen molar-refractivity contribution in [2.24, 2.45) is 5.92 Å². The van der Waals surface area contributed by atoms with Crippen molar-refractivity contribution in [3.05, 3.63) is 65.2 Å². The van der Waals surface area contributed by atoms with Crippen molar-refractivity contribution in [3.63, 3.8) is 0 Å². The largest absolute Gasteiger partial charge is 0.541 e. The minimum atomic E-state index is -3.53. The molecule has 1 fully saturated rings. The highest BCUT2D eigenvalue weighted by Gasteiger charge is 2.72. The summed E-state index contributed by atoms with van der Waals surface area (Å²) in [7, 11) is -3.53. The number of hydrogen-bond acceptors (Lipinski definition) is 4. The van der Waals surface area contributed by atoms with E-state index in [1.807, 2.05) is 0 Å². The lowest BCUT2D eigenvalue weighted by molar-refractivity contribution is -0.146. The first-order valence-corrected chi connectivity index (χ1v) is 11.2. The van der Waals surface area contributed by atoms with E-state index in [0.29, 0.717) is 11.3 Å². The van der Waals surface area contributed by atoms with Gasteiger partial charge >= 0.3 is 19.2 Å². The molecule has 1 heterocycles. The Kier molecular flexibility index (Phi) is 6.56. The number of halogens is 1. The van der Waals surface area contributed by atoms with E-state index in [9.17, 15) is 28.9 Å². The van der Waals surface area contributed by atoms with Gasteiger partial charge in [-0.1, -0.05) is 38.0 Å². The third kappa shape index (κ3) is 4.52. The third-order valence-corrected chi connectivity index (χ3v) is 6.55. The second kappa shape index (κ2) is 8.84. The number of nitrogens with zero attached hydrogens (tertiary/aromatic N) is 1. The predicted molar refractivity (Wildman–Crippen MR) is 113 cm³/mol. The van der Waals surface area contributed by atoms with Gasteiger partial charge in [0.25, 0.3) is 0 Å². The Morgan fingerprint density at radius 1 is 1.26 bits per heavy atom. The molecule has 1 aromatic heterocycles. The van der Waals surface area contributed by atoms with Gasteiger partial charge in [-0.2, -0.15) is 4.89 Å². The Morgan fingerprint density at radius 3 is 2.42 bits per heavy atom. The highest BCUT2D eigenvalue weighted by molar-refractivity contribution is 7.42. The van der Waals surface area contributed by atoms with Crippen LogP contribution in [0.3, 0.4) is 0 Å². The molecule has 0 bridgehead atoms. The predicted octanol–water partition coefficient (Wildman–Crippen LogP) is 3.75. The zero-order valence-corrected chi connectivity index (χ0v) is 18.1. The maximum atomic E-state index is 13.4. The summed E-state index contributed by atoms with van der Waals surface area (Å²) in [5, 5.41) is 19.3. The van der Waals surface area contributed by atoms with Crippen LogP contribution in [-0.4, -0.2) is 31.2 Å². The number of aliphatic carboxylic acids is 1. The molecule has 1 aromatic carbocycles. The van der Waals surface area contributed by atoms with Crippen molar-refractivity contribution in [2.45, 2.75) is 49.8 Å². The Balaban J connectivity index is 2.27. The molecule has 0 radical (unpaired) electrons. The second-order valence-electron chi connectivity index (χ2n) is 8.10. The third-order valence-electron chi connectivity index (χ3n) is 5.30. The zero-order chi connectivity index (χ0) is 22.8. The lowest BCUT2D eigenvalue weighted by Gasteiger charge is -2.33. The molecule has 2 aromatic rings. The van der Waals surface area contributed by atoms with Crippen molar-refractivity contribution in [1.29, 1.82) is 0 Å². The maximum absolute atomic E-state index is 13.4. The van der Waals surface area contributed by atoms with Crippen LogP contribution in [0.4, 0.5) is 4.39 Å². The van der Waals surface area contributed by atoms with E-state index < -0.39 is 37.0 Å². The van der Waals surface area contributed by atoms with E-state index in [0.717, 1.165) is 12.8 Å². The monoisotopic (exact) mass is 444 g/mol. The van der Waals surface area contributed by atoms with Crippen LogP contribution in [0.5, 0.6) is 0 Å². The van der Waals surface area contributed by atoms with E-state index in [-0.39, 0.29) is 17.5 Å². The molecular formula is C23H24FNO5P+. The minimum Gasteiger partial charge on any atom is -0.477 e. The molecule has 6 nitrogen and oxygen atoms in total. The van der Waals surface area contributed by atoms with Crippen LogP contribution in [0, 0.1) is 23.6 Å². The van der Waals surface area contributed by atoms with Gasteiger partial charge in [0, 0.05) is 24.0 Å². The SMILES string of the molecule is CC(C)C#CC(C(=O)O)([P+](=O)O)C(O)(Cc1ccc(F)cc1)c1cccc(C2CC2)n1. The number of carboxylic acids is 1. The summed E-state index contributed by atoms with van der Waals surface area (Å²) in [4.78, 5) is 27.2. The number of hydrogen-bond donors (Lipinski definition) is 3. The van der Waals surface area contributed by atoms with Crippen molar-refractivity contribution in [2.75, 3.05) is 0 Å². The van der Waals surface area contributed by atoms with Gasteiger partial charge in [-0.15, -0.1) is 0 Å². The molecule has 31 heavy (non-hydrogen) atoms. The summed E-state index contributed by atoms with van der Waals surface area (Å²) in [5.74, 6) is 2.73. The summed E-state index contributed by atoms with van der Waals surface area (Å²) < 4.78 is 26.0. The normalized spacial score (nSPS) is 17.8. The zero-order valence-electron chi connectivity index (χ0n) is 17.2. The number of aromatic nitrogens is 1. The number of pyridine rings is 1. The molecule has 0 amide bonds. The molecule has 3 unspecified atom stereocenters. The highest BCUT2D eigenvalue weighted by atomic mass is 31.1. The van der Waals surface area contributed by atoms with Gasteiger partial charge in [-0.05, 0) is 53.2 Å². The Bertz CT molecular complexity index is 1040. The molecular weight excluding hydrogens is 420 g/mol. The Morgan fingerprint density at radius 2 is 1.90 bits per heavy atom. The fraction of sp³-hybridized carbons (Fsp3) is 0.391. The molecule has 1 aliphatic carbocycles. The molecule has 3 rings (SSSR count). The summed E-state index contributed by atoms with van der Waals surface area (Å²) in [6.07, 6.45) is 1.46. The summed E-state index contributed by atoms with van der Waals surface area (Å²) in [6.45, 7) is 3.41. The first kappa shape index (κ1) is 23.0. The number of rotatable bonds is 7. The fourth-order valence-corrected chi connectivity index (χ4v) is 4.29. The van der Waals surface area contributed by atoms with Gasteiger partial charge in [0.2, 0.25) is 0 Å². The molecule has 3 atom stereocenters. The van der Waals surface area contributed by atoms with Crippen molar-refractivity contribution >= 4 is 14.0 Å². The lowest BCUT2D eigenvalue weighted by atomic mass is 9.78. The van der Waals surface area contributed by atoms with Crippen LogP contribution in [0.1, 0.15) is 49.6 Å². The summed E-state index contributed by atoms with van der Waals surface area (Å²) in [5.41, 5.74) is -1.46. The second-order valence-corrected chi connectivity index (χ2v) is 9.31. The quantitative estimate of drug-likeness (QED) is 0.444. The van der Waals surface area contributed by atoms with Gasteiger partial charge in [0.05, 0.1) is 5.69 Å². The van der Waals surface area contributed by atoms with E-state index in [1.54, 1.807) is 26.0 Å². The van der Waals surface area contributed by atoms with E-state index >= 15 is 0 Å². The van der Waals surface area contributed by atoms with Gasteiger partial charge in [-0.25, -0.2) is 9.18 Å².